The quantitative estimate of drug-likeness (QED) is 0.594. The van der Waals surface area contributed by atoms with Crippen LogP contribution in [0.5, 0.6) is 0 Å². The Kier molecular flexibility index (Phi) is 6.13. The molecule has 3 N–H and O–H groups in total. The molecule has 4 amide bonds. The summed E-state index contributed by atoms with van der Waals surface area (Å²) in [6.45, 7) is 3.61. The number of carbonyl (C=O) groups is 4. The van der Waals surface area contributed by atoms with Crippen molar-refractivity contribution in [3.05, 3.63) is 0 Å². The van der Waals surface area contributed by atoms with Crippen molar-refractivity contribution in [1.82, 2.24) is 15.5 Å². The second kappa shape index (κ2) is 7.61. The number of imide groups is 1. The first kappa shape index (κ1) is 16.9. The van der Waals surface area contributed by atoms with Gasteiger partial charge in [0.1, 0.15) is 12.6 Å². The van der Waals surface area contributed by atoms with Gasteiger partial charge in [-0.3, -0.25) is 19.7 Å². The van der Waals surface area contributed by atoms with Gasteiger partial charge < -0.3 is 15.3 Å². The number of hydrogen-bond acceptors (Lipinski definition) is 4. The SMILES string of the molecule is CCC(CNC(=O)N1CC(=O)NC(=O)C1CC)CC(=O)O. The van der Waals surface area contributed by atoms with Crippen molar-refractivity contribution in [2.75, 3.05) is 13.1 Å². The van der Waals surface area contributed by atoms with E-state index >= 15 is 0 Å². The molecule has 1 heterocycles. The van der Waals surface area contributed by atoms with Crippen molar-refractivity contribution >= 4 is 23.8 Å². The molecule has 2 atom stereocenters. The molecule has 0 aromatic rings. The molecule has 118 valence electrons. The summed E-state index contributed by atoms with van der Waals surface area (Å²) in [5, 5.41) is 13.6. The maximum atomic E-state index is 12.1. The van der Waals surface area contributed by atoms with E-state index in [4.69, 9.17) is 5.11 Å². The lowest BCUT2D eigenvalue weighted by Gasteiger charge is -2.33. The molecule has 0 bridgehead atoms. The molecule has 1 rings (SSSR count). The number of nitrogens with zero attached hydrogens (tertiary/aromatic N) is 1. The molecule has 8 nitrogen and oxygen atoms in total. The maximum absolute atomic E-state index is 12.1. The van der Waals surface area contributed by atoms with Gasteiger partial charge in [-0.25, -0.2) is 4.79 Å². The summed E-state index contributed by atoms with van der Waals surface area (Å²) in [6, 6.07) is -1.20. The zero-order chi connectivity index (χ0) is 16.0. The van der Waals surface area contributed by atoms with Gasteiger partial charge in [-0.2, -0.15) is 0 Å². The number of hydrogen-bond donors (Lipinski definition) is 3. The van der Waals surface area contributed by atoms with Crippen molar-refractivity contribution < 1.29 is 24.3 Å². The van der Waals surface area contributed by atoms with Gasteiger partial charge in [-0.1, -0.05) is 20.3 Å². The van der Waals surface area contributed by atoms with Crippen LogP contribution in [0.4, 0.5) is 4.79 Å². The summed E-state index contributed by atoms with van der Waals surface area (Å²) < 4.78 is 0. The highest BCUT2D eigenvalue weighted by atomic mass is 16.4. The maximum Gasteiger partial charge on any atom is 0.318 e. The zero-order valence-corrected chi connectivity index (χ0v) is 12.2. The minimum atomic E-state index is -0.921. The summed E-state index contributed by atoms with van der Waals surface area (Å²) >= 11 is 0. The molecule has 0 aromatic heterocycles. The Labute approximate surface area is 122 Å². The van der Waals surface area contributed by atoms with E-state index in [1.165, 1.54) is 4.90 Å². The van der Waals surface area contributed by atoms with E-state index in [-0.39, 0.29) is 25.4 Å². The van der Waals surface area contributed by atoms with Gasteiger partial charge in [0.05, 0.1) is 0 Å². The predicted molar refractivity (Wildman–Crippen MR) is 73.4 cm³/mol. The number of carboxylic acids is 1. The lowest BCUT2D eigenvalue weighted by atomic mass is 10.0. The number of amides is 4. The van der Waals surface area contributed by atoms with Crippen LogP contribution in [-0.2, 0) is 14.4 Å². The standard InChI is InChI=1S/C13H21N3O5/c1-3-8(5-11(18)19)6-14-13(21)16-7-10(17)15-12(20)9(16)4-2/h8-9H,3-7H2,1-2H3,(H,14,21)(H,18,19)(H,15,17,20). The van der Waals surface area contributed by atoms with Gasteiger partial charge in [0.2, 0.25) is 11.8 Å². The molecular formula is C13H21N3O5. The van der Waals surface area contributed by atoms with Gasteiger partial charge in [0, 0.05) is 13.0 Å². The average Bonchev–Trinajstić information content (AvgIpc) is 2.41. The fourth-order valence-electron chi connectivity index (χ4n) is 2.23. The highest BCUT2D eigenvalue weighted by Gasteiger charge is 2.35. The summed E-state index contributed by atoms with van der Waals surface area (Å²) in [4.78, 5) is 47.0. The van der Waals surface area contributed by atoms with Crippen LogP contribution in [0, 0.1) is 5.92 Å². The molecule has 2 unspecified atom stereocenters. The fourth-order valence-corrected chi connectivity index (χ4v) is 2.23. The summed E-state index contributed by atoms with van der Waals surface area (Å²) in [5.74, 6) is -2.10. The van der Waals surface area contributed by atoms with Crippen LogP contribution in [0.1, 0.15) is 33.1 Å². The first-order valence-electron chi connectivity index (χ1n) is 6.98. The van der Waals surface area contributed by atoms with Gasteiger partial charge >= 0.3 is 12.0 Å². The highest BCUT2D eigenvalue weighted by Crippen LogP contribution is 2.11. The smallest absolute Gasteiger partial charge is 0.318 e. The highest BCUT2D eigenvalue weighted by molar-refractivity contribution is 6.04. The van der Waals surface area contributed by atoms with Crippen LogP contribution < -0.4 is 10.6 Å². The third kappa shape index (κ3) is 4.73. The molecule has 8 heteroatoms. The van der Waals surface area contributed by atoms with Crippen molar-refractivity contribution in [2.45, 2.75) is 39.2 Å². The Morgan fingerprint density at radius 2 is 2.10 bits per heavy atom. The molecule has 1 fully saturated rings. The van der Waals surface area contributed by atoms with E-state index in [0.717, 1.165) is 0 Å². The third-order valence-corrected chi connectivity index (χ3v) is 3.49. The molecule has 0 saturated carbocycles. The molecule has 21 heavy (non-hydrogen) atoms. The van der Waals surface area contributed by atoms with Crippen LogP contribution >= 0.6 is 0 Å². The zero-order valence-electron chi connectivity index (χ0n) is 12.2. The fraction of sp³-hybridized carbons (Fsp3) is 0.692. The average molecular weight is 299 g/mol. The number of nitrogens with one attached hydrogen (secondary N) is 2. The molecule has 0 aliphatic carbocycles. The number of aliphatic carboxylic acids is 1. The second-order valence-corrected chi connectivity index (χ2v) is 5.02. The van der Waals surface area contributed by atoms with Crippen LogP contribution in [0.2, 0.25) is 0 Å². The van der Waals surface area contributed by atoms with Gasteiger partial charge in [0.15, 0.2) is 0 Å². The molecule has 1 aliphatic heterocycles. The van der Waals surface area contributed by atoms with Crippen molar-refractivity contribution in [1.29, 1.82) is 0 Å². The van der Waals surface area contributed by atoms with E-state index in [1.807, 2.05) is 6.92 Å². The Morgan fingerprint density at radius 3 is 2.62 bits per heavy atom. The third-order valence-electron chi connectivity index (χ3n) is 3.49. The van der Waals surface area contributed by atoms with Crippen LogP contribution in [-0.4, -0.2) is 53.0 Å². The minimum Gasteiger partial charge on any atom is -0.481 e. The summed E-state index contributed by atoms with van der Waals surface area (Å²) in [6.07, 6.45) is 0.982. The first-order valence-corrected chi connectivity index (χ1v) is 6.98. The molecule has 1 saturated heterocycles. The number of rotatable bonds is 6. The van der Waals surface area contributed by atoms with E-state index < -0.39 is 29.9 Å². The molecule has 0 aromatic carbocycles. The molecule has 1 aliphatic rings. The van der Waals surface area contributed by atoms with Crippen molar-refractivity contribution in [3.63, 3.8) is 0 Å². The lowest BCUT2D eigenvalue weighted by molar-refractivity contribution is -0.139. The number of carbonyl (C=O) groups excluding carboxylic acids is 3. The largest absolute Gasteiger partial charge is 0.481 e. The normalized spacial score (nSPS) is 19.9. The Hall–Kier alpha value is -2.12. The van der Waals surface area contributed by atoms with E-state index in [2.05, 4.69) is 10.6 Å². The van der Waals surface area contributed by atoms with Gasteiger partial charge in [0.25, 0.3) is 0 Å². The lowest BCUT2D eigenvalue weighted by Crippen LogP contribution is -2.61. The van der Waals surface area contributed by atoms with E-state index in [0.29, 0.717) is 12.8 Å². The Morgan fingerprint density at radius 1 is 1.43 bits per heavy atom. The molecule has 0 radical (unpaired) electrons. The molecule has 0 spiro atoms. The van der Waals surface area contributed by atoms with Crippen molar-refractivity contribution in [2.24, 2.45) is 5.92 Å². The van der Waals surface area contributed by atoms with Gasteiger partial charge in [-0.15, -0.1) is 0 Å². The summed E-state index contributed by atoms with van der Waals surface area (Å²) in [7, 11) is 0. The number of piperazine rings is 1. The topological polar surface area (TPSA) is 116 Å². The number of carboxylic acid groups (broad SMARTS) is 1. The second-order valence-electron chi connectivity index (χ2n) is 5.02. The van der Waals surface area contributed by atoms with Crippen LogP contribution in [0.15, 0.2) is 0 Å². The molecular weight excluding hydrogens is 278 g/mol. The van der Waals surface area contributed by atoms with E-state index in [9.17, 15) is 19.2 Å². The monoisotopic (exact) mass is 299 g/mol. The Bertz CT molecular complexity index is 438. The van der Waals surface area contributed by atoms with Crippen LogP contribution in [0.25, 0.3) is 0 Å². The van der Waals surface area contributed by atoms with Gasteiger partial charge in [-0.05, 0) is 12.3 Å². The van der Waals surface area contributed by atoms with E-state index in [1.54, 1.807) is 6.92 Å². The first-order chi connectivity index (χ1) is 9.88. The summed E-state index contributed by atoms with van der Waals surface area (Å²) in [5.41, 5.74) is 0. The van der Waals surface area contributed by atoms with Crippen molar-refractivity contribution in [3.8, 4) is 0 Å². The minimum absolute atomic E-state index is 0.0343. The number of urea groups is 1. The Balaban J connectivity index is 2.62. The van der Waals surface area contributed by atoms with Crippen LogP contribution in [0.3, 0.4) is 0 Å². The predicted octanol–water partition coefficient (Wildman–Crippen LogP) is -0.0661.